The number of carbonyl (C=O) groups excluding carboxylic acids is 1. The minimum atomic E-state index is -0.763. The highest BCUT2D eigenvalue weighted by atomic mass is 16.4. The molecular formula is C21H32O4. The number of hydrogen-bond donors (Lipinski definition) is 2. The Morgan fingerprint density at radius 3 is 2.64 bits per heavy atom. The van der Waals surface area contributed by atoms with E-state index in [-0.39, 0.29) is 24.4 Å². The largest absolute Gasteiger partial charge is 0.481 e. The fourth-order valence-corrected chi connectivity index (χ4v) is 4.09. The molecule has 2 aliphatic rings. The van der Waals surface area contributed by atoms with Crippen molar-refractivity contribution in [3.63, 3.8) is 0 Å². The SMILES string of the molecule is O=C(O)CCC/C=C\C[C@H]1C(=O)CC[C@@H]1/C=C/C(O)C1CCCCC1. The molecule has 0 aromatic rings. The van der Waals surface area contributed by atoms with E-state index in [9.17, 15) is 14.7 Å². The van der Waals surface area contributed by atoms with Gasteiger partial charge in [0, 0.05) is 18.8 Å². The van der Waals surface area contributed by atoms with Gasteiger partial charge in [0.05, 0.1) is 6.10 Å². The van der Waals surface area contributed by atoms with E-state index in [0.717, 1.165) is 32.1 Å². The molecule has 25 heavy (non-hydrogen) atoms. The summed E-state index contributed by atoms with van der Waals surface area (Å²) in [5.74, 6) is 0.188. The minimum Gasteiger partial charge on any atom is -0.481 e. The predicted molar refractivity (Wildman–Crippen MR) is 98.2 cm³/mol. The molecule has 2 fully saturated rings. The summed E-state index contributed by atoms with van der Waals surface area (Å²) in [6.45, 7) is 0. The second-order valence-corrected chi connectivity index (χ2v) is 7.54. The molecule has 0 amide bonds. The number of Topliss-reactive ketones (excluding diaryl/α,β-unsaturated/α-hetero) is 1. The molecule has 0 aromatic carbocycles. The highest BCUT2D eigenvalue weighted by molar-refractivity contribution is 5.83. The maximum atomic E-state index is 12.1. The number of carboxylic acids is 1. The standard InChI is InChI=1S/C21H32O4/c22-19(17-8-4-3-5-9-17)14-12-16-13-15-20(23)18(16)10-6-1-2-7-11-21(24)25/h1,6,12,14,16-19,22H,2-5,7-11,13,15H2,(H,24,25)/b6-1-,14-12+/t16-,18+,19?/m0/s1. The molecule has 1 unspecified atom stereocenters. The van der Waals surface area contributed by atoms with Crippen LogP contribution in [0.5, 0.6) is 0 Å². The first-order chi connectivity index (χ1) is 12.1. The van der Waals surface area contributed by atoms with E-state index >= 15 is 0 Å². The van der Waals surface area contributed by atoms with Crippen LogP contribution in [-0.4, -0.2) is 28.1 Å². The van der Waals surface area contributed by atoms with Crippen molar-refractivity contribution in [1.82, 2.24) is 0 Å². The van der Waals surface area contributed by atoms with Crippen molar-refractivity contribution in [2.24, 2.45) is 17.8 Å². The van der Waals surface area contributed by atoms with E-state index in [1.807, 2.05) is 18.2 Å². The number of ketones is 1. The van der Waals surface area contributed by atoms with E-state index in [2.05, 4.69) is 6.08 Å². The fraction of sp³-hybridized carbons (Fsp3) is 0.714. The number of unbranched alkanes of at least 4 members (excludes halogenated alkanes) is 1. The van der Waals surface area contributed by atoms with Gasteiger partial charge >= 0.3 is 5.97 Å². The van der Waals surface area contributed by atoms with Crippen LogP contribution in [0.4, 0.5) is 0 Å². The highest BCUT2D eigenvalue weighted by Crippen LogP contribution is 2.34. The van der Waals surface area contributed by atoms with E-state index in [1.165, 1.54) is 19.3 Å². The Balaban J connectivity index is 1.78. The van der Waals surface area contributed by atoms with Gasteiger partial charge in [-0.2, -0.15) is 0 Å². The smallest absolute Gasteiger partial charge is 0.303 e. The summed E-state index contributed by atoms with van der Waals surface area (Å²) < 4.78 is 0. The van der Waals surface area contributed by atoms with Crippen molar-refractivity contribution in [1.29, 1.82) is 0 Å². The number of aliphatic hydroxyl groups is 1. The Morgan fingerprint density at radius 1 is 1.16 bits per heavy atom. The number of aliphatic carboxylic acids is 1. The Bertz CT molecular complexity index is 488. The summed E-state index contributed by atoms with van der Waals surface area (Å²) in [6.07, 6.45) is 17.4. The van der Waals surface area contributed by atoms with Crippen LogP contribution in [0.1, 0.15) is 70.6 Å². The second-order valence-electron chi connectivity index (χ2n) is 7.54. The van der Waals surface area contributed by atoms with Gasteiger partial charge < -0.3 is 10.2 Å². The molecule has 4 heteroatoms. The van der Waals surface area contributed by atoms with Crippen LogP contribution in [0.15, 0.2) is 24.3 Å². The minimum absolute atomic E-state index is 0.0190. The zero-order chi connectivity index (χ0) is 18.1. The Labute approximate surface area is 151 Å². The van der Waals surface area contributed by atoms with Gasteiger partial charge in [-0.05, 0) is 50.4 Å². The molecule has 3 atom stereocenters. The monoisotopic (exact) mass is 348 g/mol. The molecule has 2 rings (SSSR count). The number of aliphatic hydroxyl groups excluding tert-OH is 1. The van der Waals surface area contributed by atoms with Crippen LogP contribution in [-0.2, 0) is 9.59 Å². The normalized spacial score (nSPS) is 26.7. The number of allylic oxidation sites excluding steroid dienone is 3. The number of carboxylic acid groups (broad SMARTS) is 1. The third-order valence-electron chi connectivity index (χ3n) is 5.66. The fourth-order valence-electron chi connectivity index (χ4n) is 4.09. The average Bonchev–Trinajstić information content (AvgIpc) is 2.96. The van der Waals surface area contributed by atoms with E-state index < -0.39 is 5.97 Å². The van der Waals surface area contributed by atoms with Crippen LogP contribution >= 0.6 is 0 Å². The first-order valence-corrected chi connectivity index (χ1v) is 9.84. The topological polar surface area (TPSA) is 74.6 Å². The zero-order valence-electron chi connectivity index (χ0n) is 15.1. The molecule has 0 aromatic heterocycles. The first-order valence-electron chi connectivity index (χ1n) is 9.84. The lowest BCUT2D eigenvalue weighted by molar-refractivity contribution is -0.137. The van der Waals surface area contributed by atoms with Gasteiger partial charge in [0.15, 0.2) is 0 Å². The van der Waals surface area contributed by atoms with Crippen molar-refractivity contribution in [3.05, 3.63) is 24.3 Å². The Morgan fingerprint density at radius 2 is 1.92 bits per heavy atom. The van der Waals surface area contributed by atoms with Crippen LogP contribution in [0.3, 0.4) is 0 Å². The molecular weight excluding hydrogens is 316 g/mol. The molecule has 0 bridgehead atoms. The maximum absolute atomic E-state index is 12.1. The molecule has 0 spiro atoms. The quantitative estimate of drug-likeness (QED) is 0.482. The third-order valence-corrected chi connectivity index (χ3v) is 5.66. The maximum Gasteiger partial charge on any atom is 0.303 e. The van der Waals surface area contributed by atoms with Gasteiger partial charge in [0.1, 0.15) is 5.78 Å². The highest BCUT2D eigenvalue weighted by Gasteiger charge is 2.32. The van der Waals surface area contributed by atoms with Crippen LogP contribution in [0.2, 0.25) is 0 Å². The van der Waals surface area contributed by atoms with E-state index in [1.54, 1.807) is 0 Å². The third kappa shape index (κ3) is 6.77. The summed E-state index contributed by atoms with van der Waals surface area (Å²) in [5, 5.41) is 19.0. The van der Waals surface area contributed by atoms with Crippen molar-refractivity contribution in [3.8, 4) is 0 Å². The number of hydrogen-bond acceptors (Lipinski definition) is 3. The summed E-state index contributed by atoms with van der Waals surface area (Å²) in [5.41, 5.74) is 0. The van der Waals surface area contributed by atoms with Crippen LogP contribution in [0.25, 0.3) is 0 Å². The van der Waals surface area contributed by atoms with Gasteiger partial charge in [-0.3, -0.25) is 9.59 Å². The van der Waals surface area contributed by atoms with Crippen LogP contribution in [0, 0.1) is 17.8 Å². The van der Waals surface area contributed by atoms with Gasteiger partial charge in [-0.25, -0.2) is 0 Å². The number of rotatable bonds is 9. The van der Waals surface area contributed by atoms with Crippen molar-refractivity contribution in [2.75, 3.05) is 0 Å². The van der Waals surface area contributed by atoms with Crippen molar-refractivity contribution < 1.29 is 19.8 Å². The molecule has 0 heterocycles. The van der Waals surface area contributed by atoms with Crippen LogP contribution < -0.4 is 0 Å². The summed E-state index contributed by atoms with van der Waals surface area (Å²) in [7, 11) is 0. The summed E-state index contributed by atoms with van der Waals surface area (Å²) in [4.78, 5) is 22.6. The molecule has 2 N–H and O–H groups in total. The van der Waals surface area contributed by atoms with Gasteiger partial charge in [0.25, 0.3) is 0 Å². The summed E-state index contributed by atoms with van der Waals surface area (Å²) >= 11 is 0. The molecule has 0 saturated heterocycles. The lowest BCUT2D eigenvalue weighted by Crippen LogP contribution is -2.21. The predicted octanol–water partition coefficient (Wildman–Crippen LogP) is 4.28. The van der Waals surface area contributed by atoms with E-state index in [0.29, 0.717) is 24.5 Å². The Hall–Kier alpha value is -1.42. The van der Waals surface area contributed by atoms with Gasteiger partial charge in [0.2, 0.25) is 0 Å². The lowest BCUT2D eigenvalue weighted by Gasteiger charge is -2.25. The van der Waals surface area contributed by atoms with Crippen molar-refractivity contribution >= 4 is 11.8 Å². The van der Waals surface area contributed by atoms with Crippen molar-refractivity contribution in [2.45, 2.75) is 76.7 Å². The average molecular weight is 348 g/mol. The molecule has 2 aliphatic carbocycles. The lowest BCUT2D eigenvalue weighted by atomic mass is 9.84. The molecule has 4 nitrogen and oxygen atoms in total. The molecule has 2 saturated carbocycles. The molecule has 0 aliphatic heterocycles. The Kier molecular flexibility index (Phi) is 8.39. The zero-order valence-corrected chi connectivity index (χ0v) is 15.1. The molecule has 140 valence electrons. The van der Waals surface area contributed by atoms with E-state index in [4.69, 9.17) is 5.11 Å². The second kappa shape index (κ2) is 10.5. The van der Waals surface area contributed by atoms with Gasteiger partial charge in [-0.1, -0.05) is 43.6 Å². The summed E-state index contributed by atoms with van der Waals surface area (Å²) in [6, 6.07) is 0. The van der Waals surface area contributed by atoms with Gasteiger partial charge in [-0.15, -0.1) is 0 Å². The number of carbonyl (C=O) groups is 2. The first kappa shape index (κ1) is 19.9. The molecule has 0 radical (unpaired) electrons.